The number of methoxy groups -OCH3 is 1. The summed E-state index contributed by atoms with van der Waals surface area (Å²) in [6.07, 6.45) is 6.27. The van der Waals surface area contributed by atoms with Gasteiger partial charge in [-0.05, 0) is 25.7 Å². The minimum Gasteiger partial charge on any atom is -0.381 e. The van der Waals surface area contributed by atoms with Crippen LogP contribution in [0.3, 0.4) is 0 Å². The van der Waals surface area contributed by atoms with Gasteiger partial charge in [0.2, 0.25) is 0 Å². The van der Waals surface area contributed by atoms with Crippen molar-refractivity contribution in [3.63, 3.8) is 0 Å². The quantitative estimate of drug-likeness (QED) is 0.866. The van der Waals surface area contributed by atoms with Crippen molar-refractivity contribution in [2.45, 2.75) is 45.6 Å². The second kappa shape index (κ2) is 7.43. The Morgan fingerprint density at radius 1 is 1.30 bits per heavy atom. The van der Waals surface area contributed by atoms with Gasteiger partial charge in [-0.25, -0.2) is 9.97 Å². The minimum atomic E-state index is 0.399. The van der Waals surface area contributed by atoms with Crippen LogP contribution in [-0.2, 0) is 11.2 Å². The molecule has 0 saturated carbocycles. The van der Waals surface area contributed by atoms with E-state index in [0.717, 1.165) is 57.0 Å². The summed E-state index contributed by atoms with van der Waals surface area (Å²) in [5, 5.41) is 3.41. The van der Waals surface area contributed by atoms with Crippen molar-refractivity contribution in [3.8, 4) is 0 Å². The number of anilines is 2. The molecule has 20 heavy (non-hydrogen) atoms. The Morgan fingerprint density at radius 2 is 2.05 bits per heavy atom. The van der Waals surface area contributed by atoms with Crippen molar-refractivity contribution in [3.05, 3.63) is 11.9 Å². The van der Waals surface area contributed by atoms with Gasteiger partial charge >= 0.3 is 0 Å². The van der Waals surface area contributed by atoms with E-state index in [1.807, 2.05) is 0 Å². The molecule has 0 radical (unpaired) electrons. The first-order valence-electron chi connectivity index (χ1n) is 7.65. The fourth-order valence-corrected chi connectivity index (χ4v) is 2.70. The van der Waals surface area contributed by atoms with Crippen LogP contribution in [0.25, 0.3) is 0 Å². The molecule has 0 amide bonds. The number of piperidine rings is 1. The first kappa shape index (κ1) is 15.0. The summed E-state index contributed by atoms with van der Waals surface area (Å²) in [5.41, 5.74) is 1.23. The molecule has 112 valence electrons. The summed E-state index contributed by atoms with van der Waals surface area (Å²) >= 11 is 0. The topological polar surface area (TPSA) is 50.3 Å². The van der Waals surface area contributed by atoms with Gasteiger partial charge < -0.3 is 15.0 Å². The van der Waals surface area contributed by atoms with Gasteiger partial charge in [0, 0.05) is 32.3 Å². The SMILES string of the molecule is CCCNc1ncnc(N2CCC(OC)CC2)c1CC. The van der Waals surface area contributed by atoms with Crippen LogP contribution >= 0.6 is 0 Å². The van der Waals surface area contributed by atoms with Gasteiger partial charge in [0.05, 0.1) is 6.10 Å². The average Bonchev–Trinajstić information content (AvgIpc) is 2.52. The van der Waals surface area contributed by atoms with E-state index in [4.69, 9.17) is 4.74 Å². The molecule has 1 aliphatic rings. The summed E-state index contributed by atoms with van der Waals surface area (Å²) in [4.78, 5) is 11.3. The Hall–Kier alpha value is -1.36. The van der Waals surface area contributed by atoms with Crippen LogP contribution in [0, 0.1) is 0 Å². The Labute approximate surface area is 121 Å². The maximum Gasteiger partial charge on any atom is 0.137 e. The summed E-state index contributed by atoms with van der Waals surface area (Å²) in [7, 11) is 1.80. The van der Waals surface area contributed by atoms with Gasteiger partial charge in [0.25, 0.3) is 0 Å². The standard InChI is InChI=1S/C15H26N4O/c1-4-8-16-14-13(5-2)15(18-11-17-14)19-9-6-12(20-3)7-10-19/h11-12H,4-10H2,1-3H3,(H,16,17,18). The highest BCUT2D eigenvalue weighted by Gasteiger charge is 2.22. The van der Waals surface area contributed by atoms with Gasteiger partial charge in [-0.1, -0.05) is 13.8 Å². The fourth-order valence-electron chi connectivity index (χ4n) is 2.70. The van der Waals surface area contributed by atoms with Crippen molar-refractivity contribution >= 4 is 11.6 Å². The molecule has 2 heterocycles. The minimum absolute atomic E-state index is 0.399. The molecule has 0 aromatic carbocycles. The highest BCUT2D eigenvalue weighted by Crippen LogP contribution is 2.27. The monoisotopic (exact) mass is 278 g/mol. The molecular formula is C15H26N4O. The predicted octanol–water partition coefficient (Wildman–Crippen LogP) is 2.48. The molecule has 0 spiro atoms. The molecule has 1 aromatic rings. The normalized spacial score (nSPS) is 16.4. The zero-order valence-corrected chi connectivity index (χ0v) is 12.9. The van der Waals surface area contributed by atoms with Gasteiger partial charge in [-0.3, -0.25) is 0 Å². The van der Waals surface area contributed by atoms with Crippen LogP contribution in [0.2, 0.25) is 0 Å². The molecule has 1 saturated heterocycles. The van der Waals surface area contributed by atoms with Gasteiger partial charge in [0.15, 0.2) is 0 Å². The summed E-state index contributed by atoms with van der Waals surface area (Å²) in [5.74, 6) is 2.09. The zero-order chi connectivity index (χ0) is 14.4. The Kier molecular flexibility index (Phi) is 5.59. The lowest BCUT2D eigenvalue weighted by atomic mass is 10.1. The van der Waals surface area contributed by atoms with Crippen LogP contribution in [-0.4, -0.2) is 42.8 Å². The molecular weight excluding hydrogens is 252 g/mol. The van der Waals surface area contributed by atoms with Crippen LogP contribution in [0.4, 0.5) is 11.6 Å². The highest BCUT2D eigenvalue weighted by atomic mass is 16.5. The van der Waals surface area contributed by atoms with Crippen LogP contribution < -0.4 is 10.2 Å². The maximum absolute atomic E-state index is 5.44. The van der Waals surface area contributed by atoms with Crippen molar-refractivity contribution in [2.24, 2.45) is 0 Å². The lowest BCUT2D eigenvalue weighted by Crippen LogP contribution is -2.37. The maximum atomic E-state index is 5.44. The zero-order valence-electron chi connectivity index (χ0n) is 12.9. The lowest BCUT2D eigenvalue weighted by Gasteiger charge is -2.33. The number of hydrogen-bond donors (Lipinski definition) is 1. The van der Waals surface area contributed by atoms with E-state index in [9.17, 15) is 0 Å². The van der Waals surface area contributed by atoms with Crippen molar-refractivity contribution in [2.75, 3.05) is 37.0 Å². The summed E-state index contributed by atoms with van der Waals surface area (Å²) in [6.45, 7) is 7.30. The summed E-state index contributed by atoms with van der Waals surface area (Å²) in [6, 6.07) is 0. The molecule has 1 fully saturated rings. The second-order valence-corrected chi connectivity index (χ2v) is 5.23. The number of ether oxygens (including phenoxy) is 1. The van der Waals surface area contributed by atoms with Crippen LogP contribution in [0.1, 0.15) is 38.7 Å². The first-order valence-corrected chi connectivity index (χ1v) is 7.65. The first-order chi connectivity index (χ1) is 9.80. The molecule has 0 atom stereocenters. The largest absolute Gasteiger partial charge is 0.381 e. The number of aromatic nitrogens is 2. The molecule has 1 N–H and O–H groups in total. The number of nitrogens with one attached hydrogen (secondary N) is 1. The molecule has 0 aliphatic carbocycles. The van der Waals surface area contributed by atoms with E-state index in [-0.39, 0.29) is 0 Å². The molecule has 1 aromatic heterocycles. The third-order valence-corrected chi connectivity index (χ3v) is 3.89. The molecule has 5 heteroatoms. The van der Waals surface area contributed by atoms with Crippen molar-refractivity contribution in [1.29, 1.82) is 0 Å². The van der Waals surface area contributed by atoms with E-state index in [1.54, 1.807) is 13.4 Å². The predicted molar refractivity (Wildman–Crippen MR) is 82.4 cm³/mol. The number of hydrogen-bond acceptors (Lipinski definition) is 5. The Morgan fingerprint density at radius 3 is 2.65 bits per heavy atom. The molecule has 2 rings (SSSR count). The van der Waals surface area contributed by atoms with E-state index >= 15 is 0 Å². The molecule has 1 aliphatic heterocycles. The van der Waals surface area contributed by atoms with Crippen molar-refractivity contribution in [1.82, 2.24) is 9.97 Å². The third-order valence-electron chi connectivity index (χ3n) is 3.89. The lowest BCUT2D eigenvalue weighted by molar-refractivity contribution is 0.0817. The van der Waals surface area contributed by atoms with Gasteiger partial charge in [-0.15, -0.1) is 0 Å². The van der Waals surface area contributed by atoms with Crippen LogP contribution in [0.5, 0.6) is 0 Å². The van der Waals surface area contributed by atoms with Gasteiger partial charge in [-0.2, -0.15) is 0 Å². The van der Waals surface area contributed by atoms with E-state index < -0.39 is 0 Å². The number of rotatable bonds is 6. The van der Waals surface area contributed by atoms with Crippen LogP contribution in [0.15, 0.2) is 6.33 Å². The van der Waals surface area contributed by atoms with E-state index in [0.29, 0.717) is 6.10 Å². The average molecular weight is 278 g/mol. The summed E-state index contributed by atoms with van der Waals surface area (Å²) < 4.78 is 5.44. The molecule has 5 nitrogen and oxygen atoms in total. The van der Waals surface area contributed by atoms with Gasteiger partial charge in [0.1, 0.15) is 18.0 Å². The van der Waals surface area contributed by atoms with E-state index in [2.05, 4.69) is 34.0 Å². The Balaban J connectivity index is 2.14. The van der Waals surface area contributed by atoms with E-state index in [1.165, 1.54) is 5.56 Å². The second-order valence-electron chi connectivity index (χ2n) is 5.23. The van der Waals surface area contributed by atoms with Crippen molar-refractivity contribution < 1.29 is 4.74 Å². The smallest absolute Gasteiger partial charge is 0.137 e. The molecule has 0 bridgehead atoms. The third kappa shape index (κ3) is 3.39. The fraction of sp³-hybridized carbons (Fsp3) is 0.733. The highest BCUT2D eigenvalue weighted by molar-refractivity contribution is 5.59. The Bertz CT molecular complexity index is 416. The number of nitrogens with zero attached hydrogens (tertiary/aromatic N) is 3. The molecule has 0 unspecified atom stereocenters.